The Kier molecular flexibility index (Phi) is 9.44. The number of aryl methyl sites for hydroxylation is 1. The Morgan fingerprint density at radius 1 is 1.02 bits per heavy atom. The van der Waals surface area contributed by atoms with E-state index in [0.29, 0.717) is 65.5 Å². The Balaban J connectivity index is 1.58. The molecular weight excluding hydrogens is 715 g/mol. The number of hydrogen-bond donors (Lipinski definition) is 3. The molecule has 0 radical (unpaired) electrons. The number of halogens is 1. The summed E-state index contributed by atoms with van der Waals surface area (Å²) in [7, 11) is 0.537. The highest BCUT2D eigenvalue weighted by Crippen LogP contribution is 2.41. The molecule has 2 aliphatic heterocycles. The SMILES string of the molecule is COC(=O)Nc1ccc(S(=O)(=O)I)c([C@H]2CCCN2C(=O)C(Nc2cc(C)c3c(c2)C(=O)NC3)c2ccc(OC)c(OC)c2)c1. The van der Waals surface area contributed by atoms with Crippen molar-refractivity contribution in [3.8, 4) is 11.5 Å². The first-order valence-electron chi connectivity index (χ1n) is 14.1. The fourth-order valence-corrected chi connectivity index (χ4v) is 7.80. The minimum atomic E-state index is -3.72. The predicted octanol–water partition coefficient (Wildman–Crippen LogP) is 5.07. The number of nitrogens with one attached hydrogen (secondary N) is 3. The van der Waals surface area contributed by atoms with Gasteiger partial charge in [0.15, 0.2) is 11.5 Å². The van der Waals surface area contributed by atoms with E-state index in [2.05, 4.69) is 16.0 Å². The average molecular weight is 749 g/mol. The van der Waals surface area contributed by atoms with Gasteiger partial charge >= 0.3 is 6.09 Å². The van der Waals surface area contributed by atoms with Crippen LogP contribution in [0.1, 0.15) is 57.5 Å². The van der Waals surface area contributed by atoms with Crippen molar-refractivity contribution in [2.24, 2.45) is 0 Å². The Bertz CT molecular complexity index is 1780. The van der Waals surface area contributed by atoms with E-state index in [9.17, 15) is 22.8 Å². The van der Waals surface area contributed by atoms with Gasteiger partial charge in [0.2, 0.25) is 12.9 Å². The van der Waals surface area contributed by atoms with E-state index >= 15 is 0 Å². The molecule has 0 aromatic heterocycles. The summed E-state index contributed by atoms with van der Waals surface area (Å²) in [6.07, 6.45) is 0.424. The molecule has 0 saturated carbocycles. The van der Waals surface area contributed by atoms with E-state index in [1.807, 2.05) is 13.0 Å². The Morgan fingerprint density at radius 2 is 1.78 bits per heavy atom. The standard InChI is InChI=1S/C31H33IN4O8S/c1-17-12-20(15-21-23(17)16-33-29(21)37)34-28(18-7-9-25(42-2)26(13-18)43-3)30(38)36-11-5-6-24(36)22-14-19(35-31(39)44-4)8-10-27(22)45(32,40)41/h7-10,12-15,24,28,34H,5-6,11,16H2,1-4H3,(H,33,37)(H,35,39)/t24-,28?/m1/s1. The van der Waals surface area contributed by atoms with E-state index < -0.39 is 25.2 Å². The van der Waals surface area contributed by atoms with Gasteiger partial charge in [0.25, 0.3) is 5.91 Å². The summed E-state index contributed by atoms with van der Waals surface area (Å²) in [4.78, 5) is 40.8. The van der Waals surface area contributed by atoms with Crippen molar-refractivity contribution in [2.45, 2.75) is 43.3 Å². The van der Waals surface area contributed by atoms with Crippen LogP contribution >= 0.6 is 21.2 Å². The van der Waals surface area contributed by atoms with Crippen LogP contribution in [0.2, 0.25) is 0 Å². The van der Waals surface area contributed by atoms with Crippen molar-refractivity contribution in [1.82, 2.24) is 10.2 Å². The number of methoxy groups -OCH3 is 3. The lowest BCUT2D eigenvalue weighted by atomic mass is 9.99. The second kappa shape index (κ2) is 13.1. The third-order valence-corrected chi connectivity index (χ3v) is 10.4. The van der Waals surface area contributed by atoms with Crippen LogP contribution in [0.3, 0.4) is 0 Å². The van der Waals surface area contributed by atoms with Crippen molar-refractivity contribution in [1.29, 1.82) is 0 Å². The largest absolute Gasteiger partial charge is 0.493 e. The van der Waals surface area contributed by atoms with Gasteiger partial charge in [-0.3, -0.25) is 14.9 Å². The van der Waals surface area contributed by atoms with Gasteiger partial charge in [0.1, 0.15) is 6.04 Å². The quantitative estimate of drug-likeness (QED) is 0.201. The molecule has 3 aromatic rings. The number of benzene rings is 3. The van der Waals surface area contributed by atoms with Crippen molar-refractivity contribution in [3.63, 3.8) is 0 Å². The van der Waals surface area contributed by atoms with Crippen LogP contribution < -0.4 is 25.4 Å². The lowest BCUT2D eigenvalue weighted by Gasteiger charge is -2.31. The molecule has 14 heteroatoms. The summed E-state index contributed by atoms with van der Waals surface area (Å²) in [5.74, 6) is 0.425. The van der Waals surface area contributed by atoms with Gasteiger partial charge in [-0.2, -0.15) is 0 Å². The summed E-state index contributed by atoms with van der Waals surface area (Å²) in [5.41, 5.74) is 4.23. The number of amides is 3. The first-order chi connectivity index (χ1) is 21.4. The van der Waals surface area contributed by atoms with Crippen LogP contribution in [-0.4, -0.2) is 59.1 Å². The first kappa shape index (κ1) is 32.3. The van der Waals surface area contributed by atoms with Crippen LogP contribution in [0.15, 0.2) is 53.4 Å². The molecule has 1 unspecified atom stereocenters. The molecule has 5 rings (SSSR count). The number of carbonyl (C=O) groups excluding carboxylic acids is 3. The van der Waals surface area contributed by atoms with E-state index in [-0.39, 0.29) is 16.7 Å². The minimum Gasteiger partial charge on any atom is -0.493 e. The van der Waals surface area contributed by atoms with Gasteiger partial charge < -0.3 is 29.7 Å². The molecule has 2 aliphatic rings. The topological polar surface area (TPSA) is 152 Å². The molecule has 3 aromatic carbocycles. The van der Waals surface area contributed by atoms with E-state index in [4.69, 9.17) is 14.2 Å². The molecule has 45 heavy (non-hydrogen) atoms. The molecule has 3 amide bonds. The number of hydrogen-bond acceptors (Lipinski definition) is 9. The maximum atomic E-state index is 14.6. The molecule has 0 aliphatic carbocycles. The highest BCUT2D eigenvalue weighted by molar-refractivity contribution is 14.2. The molecular formula is C31H33IN4O8S. The number of nitrogens with zero attached hydrogens (tertiary/aromatic N) is 1. The molecule has 2 heterocycles. The lowest BCUT2D eigenvalue weighted by Crippen LogP contribution is -2.38. The minimum absolute atomic E-state index is 0.0547. The zero-order valence-electron chi connectivity index (χ0n) is 25.1. The monoisotopic (exact) mass is 748 g/mol. The van der Waals surface area contributed by atoms with Crippen molar-refractivity contribution >= 4 is 57.5 Å². The number of carbonyl (C=O) groups is 3. The molecule has 1 saturated heterocycles. The number of likely N-dealkylation sites (tertiary alicyclic amines) is 1. The van der Waals surface area contributed by atoms with Gasteiger partial charge in [-0.05, 0) is 84.5 Å². The molecule has 3 N–H and O–H groups in total. The van der Waals surface area contributed by atoms with Gasteiger partial charge in [0.05, 0.1) is 53.5 Å². The van der Waals surface area contributed by atoms with E-state index in [1.165, 1.54) is 54.7 Å². The summed E-state index contributed by atoms with van der Waals surface area (Å²) in [6, 6.07) is 11.7. The highest BCUT2D eigenvalue weighted by atomic mass is 127. The van der Waals surface area contributed by atoms with Crippen molar-refractivity contribution in [2.75, 3.05) is 38.5 Å². The van der Waals surface area contributed by atoms with Gasteiger partial charge in [-0.25, -0.2) is 13.2 Å². The maximum absolute atomic E-state index is 14.6. The maximum Gasteiger partial charge on any atom is 0.411 e. The number of fused-ring (bicyclic) bond motifs is 1. The zero-order chi connectivity index (χ0) is 32.5. The number of anilines is 2. The van der Waals surface area contributed by atoms with E-state index in [1.54, 1.807) is 35.2 Å². The summed E-state index contributed by atoms with van der Waals surface area (Å²) in [5, 5.41) is 8.77. The van der Waals surface area contributed by atoms with Gasteiger partial charge in [-0.15, -0.1) is 0 Å². The third-order valence-electron chi connectivity index (χ3n) is 8.04. The molecule has 0 spiro atoms. The second-order valence-corrected chi connectivity index (χ2v) is 15.5. The molecule has 12 nitrogen and oxygen atoms in total. The lowest BCUT2D eigenvalue weighted by molar-refractivity contribution is -0.133. The molecule has 238 valence electrons. The van der Waals surface area contributed by atoms with Crippen LogP contribution in [-0.2, 0) is 23.1 Å². The molecule has 1 fully saturated rings. The normalized spacial score (nSPS) is 16.4. The van der Waals surface area contributed by atoms with Gasteiger partial charge in [-0.1, -0.05) is 6.07 Å². The summed E-state index contributed by atoms with van der Waals surface area (Å²) in [6.45, 7) is 2.73. The zero-order valence-corrected chi connectivity index (χ0v) is 28.1. The van der Waals surface area contributed by atoms with Gasteiger partial charge in [0, 0.05) is 30.0 Å². The Hall–Kier alpha value is -4.05. The fourth-order valence-electron chi connectivity index (χ4n) is 5.89. The van der Waals surface area contributed by atoms with Crippen LogP contribution in [0, 0.1) is 6.92 Å². The predicted molar refractivity (Wildman–Crippen MR) is 176 cm³/mol. The molecule has 2 atom stereocenters. The third kappa shape index (κ3) is 6.66. The first-order valence-corrected chi connectivity index (χ1v) is 18.1. The summed E-state index contributed by atoms with van der Waals surface area (Å²) < 4.78 is 41.4. The Labute approximate surface area is 273 Å². The highest BCUT2D eigenvalue weighted by Gasteiger charge is 2.38. The number of rotatable bonds is 9. The Morgan fingerprint density at radius 3 is 2.47 bits per heavy atom. The van der Waals surface area contributed by atoms with Crippen LogP contribution in [0.25, 0.3) is 0 Å². The number of ether oxygens (including phenoxy) is 3. The van der Waals surface area contributed by atoms with E-state index in [0.717, 1.165) is 11.1 Å². The van der Waals surface area contributed by atoms with Crippen molar-refractivity contribution < 1.29 is 37.0 Å². The summed E-state index contributed by atoms with van der Waals surface area (Å²) >= 11 is 1.38. The smallest absolute Gasteiger partial charge is 0.411 e. The van der Waals surface area contributed by atoms with Crippen LogP contribution in [0.5, 0.6) is 11.5 Å². The fraction of sp³-hybridized carbons (Fsp3) is 0.323. The molecule has 0 bridgehead atoms. The van der Waals surface area contributed by atoms with Crippen LogP contribution in [0.4, 0.5) is 16.2 Å². The van der Waals surface area contributed by atoms with Crippen molar-refractivity contribution in [3.05, 3.63) is 76.3 Å². The second-order valence-electron chi connectivity index (χ2n) is 10.7. The average Bonchev–Trinajstić information content (AvgIpc) is 3.66.